The molecule has 0 spiro atoms. The van der Waals surface area contributed by atoms with Crippen molar-refractivity contribution in [3.8, 4) is 0 Å². The highest BCUT2D eigenvalue weighted by Gasteiger charge is 2.64. The number of hydrogen-bond acceptors (Lipinski definition) is 4. The number of esters is 1. The van der Waals surface area contributed by atoms with E-state index in [1.165, 1.54) is 12.2 Å². The van der Waals surface area contributed by atoms with Gasteiger partial charge in [-0.3, -0.25) is 9.69 Å². The molecule has 28 heavy (non-hydrogen) atoms. The van der Waals surface area contributed by atoms with Crippen molar-refractivity contribution in [1.29, 1.82) is 0 Å². The summed E-state index contributed by atoms with van der Waals surface area (Å²) >= 11 is 0. The van der Waals surface area contributed by atoms with Crippen molar-refractivity contribution in [1.82, 2.24) is 4.90 Å². The van der Waals surface area contributed by atoms with Crippen LogP contribution in [0, 0.1) is 5.92 Å². The van der Waals surface area contributed by atoms with Gasteiger partial charge in [-0.05, 0) is 37.5 Å². The maximum absolute atomic E-state index is 16.1. The maximum Gasteiger partial charge on any atom is 0.348 e. The predicted octanol–water partition coefficient (Wildman–Crippen LogP) is 3.54. The SMILES string of the molecule is CCOC(=O)[C@]1(F)C=CC=CC1[C@]12CC[C@@H](C=CC1=O)N2Cc1ccccc1. The highest BCUT2D eigenvalue weighted by Crippen LogP contribution is 2.51. The molecule has 5 heteroatoms. The molecule has 1 saturated heterocycles. The normalized spacial score (nSPS) is 34.0. The molecule has 0 saturated carbocycles. The first kappa shape index (κ1) is 18.8. The monoisotopic (exact) mass is 381 g/mol. The number of benzene rings is 1. The number of hydrogen-bond donors (Lipinski definition) is 0. The molecule has 4 atom stereocenters. The van der Waals surface area contributed by atoms with E-state index in [-0.39, 0.29) is 18.4 Å². The van der Waals surface area contributed by atoms with Gasteiger partial charge >= 0.3 is 5.97 Å². The van der Waals surface area contributed by atoms with Gasteiger partial charge in [0.15, 0.2) is 5.78 Å². The summed E-state index contributed by atoms with van der Waals surface area (Å²) in [5.74, 6) is -2.01. The second-order valence-electron chi connectivity index (χ2n) is 7.58. The fourth-order valence-corrected chi connectivity index (χ4v) is 4.85. The molecule has 1 fully saturated rings. The largest absolute Gasteiger partial charge is 0.463 e. The van der Waals surface area contributed by atoms with Gasteiger partial charge < -0.3 is 4.74 Å². The molecule has 4 nitrogen and oxygen atoms in total. The van der Waals surface area contributed by atoms with Crippen molar-refractivity contribution >= 4 is 11.8 Å². The highest BCUT2D eigenvalue weighted by atomic mass is 19.1. The number of carbonyl (C=O) groups is 2. The van der Waals surface area contributed by atoms with Gasteiger partial charge in [0.25, 0.3) is 0 Å². The standard InChI is InChI=1S/C23H24FNO3/c1-2-28-21(27)22(24)14-7-6-10-19(22)23-15-13-18(11-12-20(23)26)25(23)16-17-8-4-3-5-9-17/h3-12,14,18-19H,2,13,15-16H2,1H3/t18-,19?,22+,23-/m1/s1. The van der Waals surface area contributed by atoms with Crippen LogP contribution in [0.5, 0.6) is 0 Å². The van der Waals surface area contributed by atoms with Crippen LogP contribution in [0.1, 0.15) is 25.3 Å². The number of nitrogens with zero attached hydrogens (tertiary/aromatic N) is 1. The van der Waals surface area contributed by atoms with Gasteiger partial charge in [0.1, 0.15) is 0 Å². The molecule has 146 valence electrons. The van der Waals surface area contributed by atoms with Gasteiger partial charge in [0.05, 0.1) is 18.1 Å². The molecule has 2 bridgehead atoms. The number of alkyl halides is 1. The average Bonchev–Trinajstić information content (AvgIpc) is 2.96. The van der Waals surface area contributed by atoms with Crippen LogP contribution in [0.25, 0.3) is 0 Å². The molecule has 1 aromatic rings. The van der Waals surface area contributed by atoms with Crippen LogP contribution in [-0.4, -0.2) is 40.5 Å². The molecule has 2 aliphatic heterocycles. The Morgan fingerprint density at radius 2 is 2.04 bits per heavy atom. The molecule has 2 heterocycles. The zero-order valence-electron chi connectivity index (χ0n) is 15.9. The van der Waals surface area contributed by atoms with E-state index in [0.29, 0.717) is 13.0 Å². The smallest absolute Gasteiger partial charge is 0.348 e. The summed E-state index contributed by atoms with van der Waals surface area (Å²) in [4.78, 5) is 27.9. The van der Waals surface area contributed by atoms with E-state index in [1.807, 2.05) is 36.4 Å². The number of allylic oxidation sites excluding steroid dienone is 2. The fourth-order valence-electron chi connectivity index (χ4n) is 4.85. The van der Waals surface area contributed by atoms with Crippen molar-refractivity contribution in [2.45, 2.75) is 43.6 Å². The molecule has 1 unspecified atom stereocenters. The minimum Gasteiger partial charge on any atom is -0.463 e. The third-order valence-corrected chi connectivity index (χ3v) is 6.14. The summed E-state index contributed by atoms with van der Waals surface area (Å²) in [6.07, 6.45) is 10.9. The van der Waals surface area contributed by atoms with Crippen LogP contribution in [0.3, 0.4) is 0 Å². The minimum atomic E-state index is -2.37. The Morgan fingerprint density at radius 3 is 2.79 bits per heavy atom. The molecule has 1 aromatic carbocycles. The molecule has 3 aliphatic rings. The molecule has 1 aliphatic carbocycles. The molecule has 0 amide bonds. The molecule has 0 aromatic heterocycles. The fraction of sp³-hybridized carbons (Fsp3) is 0.391. The number of ether oxygens (including phenoxy) is 1. The Kier molecular flexibility index (Phi) is 4.79. The van der Waals surface area contributed by atoms with Crippen LogP contribution in [-0.2, 0) is 20.9 Å². The lowest BCUT2D eigenvalue weighted by Crippen LogP contribution is -2.64. The van der Waals surface area contributed by atoms with Gasteiger partial charge in [0, 0.05) is 12.6 Å². The van der Waals surface area contributed by atoms with Gasteiger partial charge in [-0.15, -0.1) is 0 Å². The van der Waals surface area contributed by atoms with Crippen molar-refractivity contribution in [3.05, 3.63) is 72.4 Å². The summed E-state index contributed by atoms with van der Waals surface area (Å²) in [5, 5.41) is 0. The predicted molar refractivity (Wildman–Crippen MR) is 104 cm³/mol. The summed E-state index contributed by atoms with van der Waals surface area (Å²) in [6, 6.07) is 9.89. The summed E-state index contributed by atoms with van der Waals surface area (Å²) < 4.78 is 21.2. The average molecular weight is 381 g/mol. The Labute approximate surface area is 164 Å². The van der Waals surface area contributed by atoms with E-state index < -0.39 is 23.1 Å². The Balaban J connectivity index is 1.78. The highest BCUT2D eigenvalue weighted by molar-refractivity contribution is 6.01. The van der Waals surface area contributed by atoms with Crippen LogP contribution in [0.2, 0.25) is 0 Å². The number of halogens is 1. The van der Waals surface area contributed by atoms with E-state index in [4.69, 9.17) is 4.74 Å². The molecule has 4 rings (SSSR count). The molecular weight excluding hydrogens is 357 g/mol. The minimum absolute atomic E-state index is 0.0451. The summed E-state index contributed by atoms with van der Waals surface area (Å²) in [7, 11) is 0. The first-order valence-electron chi connectivity index (χ1n) is 9.78. The van der Waals surface area contributed by atoms with Crippen molar-refractivity contribution < 1.29 is 18.7 Å². The van der Waals surface area contributed by atoms with Crippen molar-refractivity contribution in [2.75, 3.05) is 6.61 Å². The van der Waals surface area contributed by atoms with Crippen LogP contribution in [0.4, 0.5) is 4.39 Å². The molecule has 0 N–H and O–H groups in total. The Bertz CT molecular complexity index is 862. The number of carbonyl (C=O) groups excluding carboxylic acids is 2. The van der Waals surface area contributed by atoms with Crippen molar-refractivity contribution in [2.24, 2.45) is 5.92 Å². The van der Waals surface area contributed by atoms with Gasteiger partial charge in [-0.1, -0.05) is 54.6 Å². The summed E-state index contributed by atoms with van der Waals surface area (Å²) in [6.45, 7) is 2.26. The van der Waals surface area contributed by atoms with Gasteiger partial charge in [0.2, 0.25) is 5.67 Å². The quantitative estimate of drug-likeness (QED) is 0.732. The number of ketones is 1. The first-order valence-corrected chi connectivity index (χ1v) is 9.78. The van der Waals surface area contributed by atoms with Crippen LogP contribution in [0.15, 0.2) is 66.8 Å². The van der Waals surface area contributed by atoms with Gasteiger partial charge in [-0.2, -0.15) is 0 Å². The molecular formula is C23H24FNO3. The third kappa shape index (κ3) is 2.76. The zero-order valence-corrected chi connectivity index (χ0v) is 15.9. The van der Waals surface area contributed by atoms with Crippen LogP contribution < -0.4 is 0 Å². The maximum atomic E-state index is 16.1. The topological polar surface area (TPSA) is 46.6 Å². The number of rotatable bonds is 5. The first-order chi connectivity index (χ1) is 13.5. The van der Waals surface area contributed by atoms with E-state index in [9.17, 15) is 9.59 Å². The second kappa shape index (κ2) is 7.13. The lowest BCUT2D eigenvalue weighted by atomic mass is 9.67. The van der Waals surface area contributed by atoms with Crippen LogP contribution >= 0.6 is 0 Å². The lowest BCUT2D eigenvalue weighted by molar-refractivity contribution is -0.161. The Hall–Kier alpha value is -2.53. The van der Waals surface area contributed by atoms with E-state index in [2.05, 4.69) is 4.90 Å². The van der Waals surface area contributed by atoms with Crippen molar-refractivity contribution in [3.63, 3.8) is 0 Å². The van der Waals surface area contributed by atoms with E-state index >= 15 is 4.39 Å². The van der Waals surface area contributed by atoms with E-state index in [1.54, 1.807) is 25.2 Å². The second-order valence-corrected chi connectivity index (χ2v) is 7.58. The van der Waals surface area contributed by atoms with Gasteiger partial charge in [-0.25, -0.2) is 9.18 Å². The zero-order chi connectivity index (χ0) is 19.8. The van der Waals surface area contributed by atoms with E-state index in [0.717, 1.165) is 12.0 Å². The Morgan fingerprint density at radius 1 is 1.25 bits per heavy atom. The third-order valence-electron chi connectivity index (χ3n) is 6.14. The molecule has 0 radical (unpaired) electrons. The number of fused-ring (bicyclic) bond motifs is 2. The lowest BCUT2D eigenvalue weighted by Gasteiger charge is -2.48. The summed E-state index contributed by atoms with van der Waals surface area (Å²) in [5.41, 5.74) is -2.41.